The van der Waals surface area contributed by atoms with Crippen molar-refractivity contribution in [2.45, 2.75) is 19.3 Å². The Morgan fingerprint density at radius 3 is 2.43 bits per heavy atom. The van der Waals surface area contributed by atoms with Crippen LogP contribution in [0.1, 0.15) is 30.4 Å². The average Bonchev–Trinajstić information content (AvgIpc) is 2.15. The molecule has 1 nitrogen and oxygen atoms in total. The average molecular weight is 204 g/mol. The monoisotopic (exact) mass is 204 g/mol. The topological polar surface area (TPSA) is 20.2 Å². The third kappa shape index (κ3) is 2.26. The molecule has 0 aliphatic heterocycles. The van der Waals surface area contributed by atoms with Crippen LogP contribution in [0.5, 0.6) is 0 Å². The summed E-state index contributed by atoms with van der Waals surface area (Å²) >= 11 is 0. The van der Waals surface area contributed by atoms with Gasteiger partial charge in [0.15, 0.2) is 0 Å². The predicted molar refractivity (Wildman–Crippen MR) is 46.9 cm³/mol. The van der Waals surface area contributed by atoms with E-state index >= 15 is 0 Å². The van der Waals surface area contributed by atoms with Gasteiger partial charge < -0.3 is 5.11 Å². The molecule has 1 unspecified atom stereocenters. The van der Waals surface area contributed by atoms with Crippen molar-refractivity contribution >= 4 is 0 Å². The summed E-state index contributed by atoms with van der Waals surface area (Å²) in [7, 11) is 0. The highest BCUT2D eigenvalue weighted by Crippen LogP contribution is 2.25. The minimum atomic E-state index is -2.80. The molecule has 1 N–H and O–H groups in total. The Balaban J connectivity index is 3.00. The van der Waals surface area contributed by atoms with Gasteiger partial charge in [0.2, 0.25) is 0 Å². The molecule has 0 radical (unpaired) electrons. The molecule has 0 bridgehead atoms. The highest BCUT2D eigenvalue weighted by molar-refractivity contribution is 5.27. The fourth-order valence-corrected chi connectivity index (χ4v) is 1.13. The van der Waals surface area contributed by atoms with Gasteiger partial charge in [-0.15, -0.1) is 0 Å². The summed E-state index contributed by atoms with van der Waals surface area (Å²) < 4.78 is 37.3. The summed E-state index contributed by atoms with van der Waals surface area (Å²) in [6, 6.07) is 3.51. The molecule has 0 saturated carbocycles. The van der Waals surface area contributed by atoms with Crippen LogP contribution >= 0.6 is 0 Å². The van der Waals surface area contributed by atoms with Crippen molar-refractivity contribution in [2.75, 3.05) is 6.61 Å². The van der Waals surface area contributed by atoms with E-state index in [2.05, 4.69) is 0 Å². The molecule has 4 heteroatoms. The molecule has 0 fully saturated rings. The minimum absolute atomic E-state index is 0.131. The van der Waals surface area contributed by atoms with Gasteiger partial charge in [0, 0.05) is 12.5 Å². The minimum Gasteiger partial charge on any atom is -0.396 e. The van der Waals surface area contributed by atoms with Gasteiger partial charge in [-0.2, -0.15) is 0 Å². The molecule has 1 aromatic carbocycles. The largest absolute Gasteiger partial charge is 0.396 e. The quantitative estimate of drug-likeness (QED) is 0.802. The van der Waals surface area contributed by atoms with E-state index in [1.165, 1.54) is 6.07 Å². The molecule has 14 heavy (non-hydrogen) atoms. The number of alkyl halides is 2. The zero-order valence-electron chi connectivity index (χ0n) is 7.67. The Morgan fingerprint density at radius 2 is 2.00 bits per heavy atom. The van der Waals surface area contributed by atoms with E-state index < -0.39 is 17.8 Å². The Morgan fingerprint density at radius 1 is 1.36 bits per heavy atom. The second-order valence-corrected chi connectivity index (χ2v) is 3.17. The maximum atomic E-state index is 13.0. The second-order valence-electron chi connectivity index (χ2n) is 3.17. The van der Waals surface area contributed by atoms with Gasteiger partial charge in [-0.05, 0) is 11.6 Å². The van der Waals surface area contributed by atoms with Crippen LogP contribution in [0.3, 0.4) is 0 Å². The first-order chi connectivity index (χ1) is 6.56. The molecule has 78 valence electrons. The molecule has 1 atom stereocenters. The first-order valence-electron chi connectivity index (χ1n) is 4.24. The van der Waals surface area contributed by atoms with Gasteiger partial charge in [0.05, 0.1) is 5.56 Å². The number of aliphatic hydroxyl groups excluding tert-OH is 1. The smallest absolute Gasteiger partial charge is 0.266 e. The fraction of sp³-hybridized carbons (Fsp3) is 0.400. The third-order valence-corrected chi connectivity index (χ3v) is 2.10. The highest BCUT2D eigenvalue weighted by Gasteiger charge is 2.14. The Kier molecular flexibility index (Phi) is 3.52. The lowest BCUT2D eigenvalue weighted by Crippen LogP contribution is -2.01. The maximum absolute atomic E-state index is 13.0. The zero-order chi connectivity index (χ0) is 10.7. The number of aliphatic hydroxyl groups is 1. The lowest BCUT2D eigenvalue weighted by molar-refractivity contribution is 0.146. The zero-order valence-corrected chi connectivity index (χ0v) is 7.67. The number of benzene rings is 1. The number of hydrogen-bond donors (Lipinski definition) is 1. The van der Waals surface area contributed by atoms with Crippen LogP contribution in [0.4, 0.5) is 13.2 Å². The van der Waals surface area contributed by atoms with Gasteiger partial charge in [-0.25, -0.2) is 13.2 Å². The highest BCUT2D eigenvalue weighted by atomic mass is 19.3. The first-order valence-corrected chi connectivity index (χ1v) is 4.24. The van der Waals surface area contributed by atoms with Crippen molar-refractivity contribution in [2.24, 2.45) is 0 Å². The molecule has 1 rings (SSSR count). The normalized spacial score (nSPS) is 13.3. The van der Waals surface area contributed by atoms with Crippen LogP contribution in [0.2, 0.25) is 0 Å². The summed E-state index contributed by atoms with van der Waals surface area (Å²) in [4.78, 5) is 0. The van der Waals surface area contributed by atoms with Crippen molar-refractivity contribution < 1.29 is 18.3 Å². The van der Waals surface area contributed by atoms with E-state index in [1.807, 2.05) is 0 Å². The molecular weight excluding hydrogens is 193 g/mol. The van der Waals surface area contributed by atoms with E-state index in [4.69, 9.17) is 5.11 Å². The Hall–Kier alpha value is -1.03. The summed E-state index contributed by atoms with van der Waals surface area (Å²) in [5.41, 5.74) is -0.0757. The maximum Gasteiger partial charge on any atom is 0.266 e. The molecule has 0 aliphatic rings. The van der Waals surface area contributed by atoms with Crippen molar-refractivity contribution in [3.8, 4) is 0 Å². The van der Waals surface area contributed by atoms with Crippen LogP contribution in [0, 0.1) is 5.82 Å². The molecule has 0 aliphatic carbocycles. The van der Waals surface area contributed by atoms with Gasteiger partial charge >= 0.3 is 0 Å². The number of hydrogen-bond acceptors (Lipinski definition) is 1. The molecule has 0 heterocycles. The number of halogens is 3. The van der Waals surface area contributed by atoms with Crippen LogP contribution in [-0.4, -0.2) is 11.7 Å². The molecule has 0 spiro atoms. The van der Waals surface area contributed by atoms with Crippen LogP contribution in [-0.2, 0) is 0 Å². The standard InChI is InChI=1S/C10H11F3O/c1-6(5-14)7-2-3-8(10(12)13)9(11)4-7/h2-4,6,10,14H,5H2,1H3. The SMILES string of the molecule is CC(CO)c1ccc(C(F)F)c(F)c1. The van der Waals surface area contributed by atoms with Gasteiger partial charge in [0.25, 0.3) is 6.43 Å². The summed E-state index contributed by atoms with van der Waals surface area (Å²) in [6.45, 7) is 1.56. The van der Waals surface area contributed by atoms with Crippen LogP contribution in [0.15, 0.2) is 18.2 Å². The van der Waals surface area contributed by atoms with Gasteiger partial charge in [-0.1, -0.05) is 19.1 Å². The second kappa shape index (κ2) is 4.46. The summed E-state index contributed by atoms with van der Waals surface area (Å²) in [5.74, 6) is -1.16. The molecule has 0 saturated heterocycles. The Bertz CT molecular complexity index is 312. The molecule has 1 aromatic rings. The van der Waals surface area contributed by atoms with Crippen molar-refractivity contribution in [3.05, 3.63) is 35.1 Å². The number of rotatable bonds is 3. The Labute approximate surface area is 80.2 Å². The fourth-order valence-electron chi connectivity index (χ4n) is 1.13. The van der Waals surface area contributed by atoms with Crippen LogP contribution in [0.25, 0.3) is 0 Å². The van der Waals surface area contributed by atoms with Gasteiger partial charge in [0.1, 0.15) is 5.82 Å². The summed E-state index contributed by atoms with van der Waals surface area (Å²) in [5, 5.41) is 8.79. The third-order valence-electron chi connectivity index (χ3n) is 2.10. The lowest BCUT2D eigenvalue weighted by Gasteiger charge is -2.09. The van der Waals surface area contributed by atoms with E-state index in [1.54, 1.807) is 6.92 Å². The molecule has 0 aromatic heterocycles. The van der Waals surface area contributed by atoms with Crippen molar-refractivity contribution in [3.63, 3.8) is 0 Å². The van der Waals surface area contributed by atoms with E-state index in [-0.39, 0.29) is 12.5 Å². The summed E-state index contributed by atoms with van der Waals surface area (Å²) in [6.07, 6.45) is -2.80. The van der Waals surface area contributed by atoms with Crippen LogP contribution < -0.4 is 0 Å². The lowest BCUT2D eigenvalue weighted by atomic mass is 10.0. The van der Waals surface area contributed by atoms with Crippen molar-refractivity contribution in [1.82, 2.24) is 0 Å². The van der Waals surface area contributed by atoms with Crippen molar-refractivity contribution in [1.29, 1.82) is 0 Å². The van der Waals surface area contributed by atoms with Gasteiger partial charge in [-0.3, -0.25) is 0 Å². The molecular formula is C10H11F3O. The van der Waals surface area contributed by atoms with E-state index in [9.17, 15) is 13.2 Å². The van der Waals surface area contributed by atoms with E-state index in [0.717, 1.165) is 12.1 Å². The predicted octanol–water partition coefficient (Wildman–Crippen LogP) is 2.86. The molecule has 0 amide bonds. The van der Waals surface area contributed by atoms with E-state index in [0.29, 0.717) is 5.56 Å². The first kappa shape index (κ1) is 11.0.